The fourth-order valence-corrected chi connectivity index (χ4v) is 1.87. The van der Waals surface area contributed by atoms with E-state index in [1.807, 2.05) is 0 Å². The van der Waals surface area contributed by atoms with E-state index in [1.165, 1.54) is 28.1 Å². The summed E-state index contributed by atoms with van der Waals surface area (Å²) < 4.78 is 0. The van der Waals surface area contributed by atoms with Crippen molar-refractivity contribution in [3.63, 3.8) is 0 Å². The van der Waals surface area contributed by atoms with E-state index in [9.17, 15) is 0 Å². The predicted molar refractivity (Wildman–Crippen MR) is 52.3 cm³/mol. The molecule has 0 aromatic heterocycles. The van der Waals surface area contributed by atoms with Gasteiger partial charge in [-0.1, -0.05) is 13.0 Å². The fraction of sp³-hybridized carbons (Fsp3) is 0.364. The van der Waals surface area contributed by atoms with Crippen LogP contribution in [0.25, 0.3) is 0 Å². The van der Waals surface area contributed by atoms with Crippen LogP contribution in [-0.2, 0) is 0 Å². The Morgan fingerprint density at radius 3 is 2.58 bits per heavy atom. The predicted octanol–water partition coefficient (Wildman–Crippen LogP) is 3.01. The summed E-state index contributed by atoms with van der Waals surface area (Å²) in [5.41, 5.74) is 6.52. The first kappa shape index (κ1) is 7.53. The van der Waals surface area contributed by atoms with E-state index in [0.29, 0.717) is 0 Å². The second-order valence-corrected chi connectivity index (χ2v) is 3.31. The van der Waals surface area contributed by atoms with Crippen LogP contribution >= 0.6 is 0 Å². The maximum Gasteiger partial charge on any atom is 0.0711 e. The van der Waals surface area contributed by atoms with Crippen molar-refractivity contribution in [1.29, 1.82) is 0 Å². The van der Waals surface area contributed by atoms with Crippen LogP contribution in [0.4, 0.5) is 0 Å². The van der Waals surface area contributed by atoms with E-state index in [-0.39, 0.29) is 0 Å². The molecule has 0 spiro atoms. The van der Waals surface area contributed by atoms with Gasteiger partial charge < -0.3 is 0 Å². The molecular weight excluding hydrogens is 146 g/mol. The van der Waals surface area contributed by atoms with Crippen LogP contribution in [-0.4, -0.2) is 5.71 Å². The Hall–Kier alpha value is -1.11. The Morgan fingerprint density at radius 1 is 1.25 bits per heavy atom. The van der Waals surface area contributed by atoms with Gasteiger partial charge in [0.25, 0.3) is 0 Å². The van der Waals surface area contributed by atoms with Gasteiger partial charge in [0.1, 0.15) is 0 Å². The van der Waals surface area contributed by atoms with E-state index in [1.54, 1.807) is 0 Å². The summed E-state index contributed by atoms with van der Waals surface area (Å²) in [6.45, 7) is 6.47. The molecule has 0 unspecified atom stereocenters. The molecule has 2 rings (SSSR count). The van der Waals surface area contributed by atoms with E-state index in [4.69, 9.17) is 0 Å². The highest BCUT2D eigenvalue weighted by molar-refractivity contribution is 6.05. The van der Waals surface area contributed by atoms with Crippen molar-refractivity contribution in [3.8, 4) is 0 Å². The average molecular weight is 159 g/mol. The van der Waals surface area contributed by atoms with Crippen molar-refractivity contribution in [2.45, 2.75) is 27.2 Å². The Balaban J connectivity index is 2.50. The zero-order valence-corrected chi connectivity index (χ0v) is 7.81. The Kier molecular flexibility index (Phi) is 1.53. The molecule has 2 aliphatic rings. The quantitative estimate of drug-likeness (QED) is 0.557. The summed E-state index contributed by atoms with van der Waals surface area (Å²) >= 11 is 0. The third kappa shape index (κ3) is 0.826. The highest BCUT2D eigenvalue weighted by atomic mass is 14.8. The molecule has 1 aliphatic carbocycles. The lowest BCUT2D eigenvalue weighted by Gasteiger charge is -2.00. The minimum absolute atomic E-state index is 1.04. The zero-order chi connectivity index (χ0) is 8.72. The molecule has 0 amide bonds. The lowest BCUT2D eigenvalue weighted by molar-refractivity contribution is 1.26. The normalized spacial score (nSPS) is 20.8. The Morgan fingerprint density at radius 2 is 2.00 bits per heavy atom. The third-order valence-corrected chi connectivity index (χ3v) is 2.54. The Bertz CT molecular complexity index is 351. The van der Waals surface area contributed by atoms with Crippen LogP contribution in [0.15, 0.2) is 39.6 Å². The van der Waals surface area contributed by atoms with Crippen LogP contribution in [0.1, 0.15) is 27.2 Å². The molecule has 0 N–H and O–H groups in total. The molecule has 0 aromatic carbocycles. The second kappa shape index (κ2) is 2.44. The van der Waals surface area contributed by atoms with E-state index < -0.39 is 0 Å². The molecule has 0 aromatic rings. The first-order chi connectivity index (χ1) is 5.74. The molecule has 0 radical (unpaired) electrons. The molecule has 0 saturated carbocycles. The molecule has 1 nitrogen and oxygen atoms in total. The molecule has 0 atom stereocenters. The first-order valence-corrected chi connectivity index (χ1v) is 4.42. The fourth-order valence-electron chi connectivity index (χ4n) is 1.87. The minimum Gasteiger partial charge on any atom is -0.253 e. The first-order valence-electron chi connectivity index (χ1n) is 4.42. The molecule has 0 fully saturated rings. The monoisotopic (exact) mass is 159 g/mol. The van der Waals surface area contributed by atoms with Gasteiger partial charge in [0, 0.05) is 11.3 Å². The molecule has 1 aliphatic heterocycles. The van der Waals surface area contributed by atoms with Crippen molar-refractivity contribution in [2.24, 2.45) is 4.99 Å². The van der Waals surface area contributed by atoms with Gasteiger partial charge in [-0.05, 0) is 37.5 Å². The topological polar surface area (TPSA) is 12.4 Å². The Labute approximate surface area is 73.2 Å². The van der Waals surface area contributed by atoms with Crippen molar-refractivity contribution < 1.29 is 0 Å². The lowest BCUT2D eigenvalue weighted by atomic mass is 10.0. The molecule has 1 heteroatoms. The number of hydrogen-bond donors (Lipinski definition) is 0. The largest absolute Gasteiger partial charge is 0.253 e. The standard InChI is InChI=1S/C11H13N/c1-4-9-8(3)11-7(2)5-6-10(11)12-9/h5-6H,4H2,1-3H3. The van der Waals surface area contributed by atoms with Crippen LogP contribution < -0.4 is 0 Å². The summed E-state index contributed by atoms with van der Waals surface area (Å²) in [4.78, 5) is 4.55. The third-order valence-electron chi connectivity index (χ3n) is 2.54. The summed E-state index contributed by atoms with van der Waals surface area (Å²) in [6, 6.07) is 0. The van der Waals surface area contributed by atoms with Crippen LogP contribution in [0.5, 0.6) is 0 Å². The molecule has 62 valence electrons. The number of rotatable bonds is 1. The van der Waals surface area contributed by atoms with Gasteiger partial charge in [-0.15, -0.1) is 0 Å². The van der Waals surface area contributed by atoms with Gasteiger partial charge in [0.2, 0.25) is 0 Å². The summed E-state index contributed by atoms with van der Waals surface area (Å²) in [5, 5.41) is 0. The number of allylic oxidation sites excluding steroid dienone is 4. The van der Waals surface area contributed by atoms with Gasteiger partial charge in [-0.25, -0.2) is 0 Å². The highest BCUT2D eigenvalue weighted by Gasteiger charge is 2.22. The maximum atomic E-state index is 4.55. The van der Waals surface area contributed by atoms with Crippen molar-refractivity contribution >= 4 is 5.71 Å². The summed E-state index contributed by atoms with van der Waals surface area (Å²) in [5.74, 6) is 0. The van der Waals surface area contributed by atoms with Gasteiger partial charge in [-0.2, -0.15) is 0 Å². The van der Waals surface area contributed by atoms with Crippen molar-refractivity contribution in [1.82, 2.24) is 0 Å². The molecule has 0 saturated heterocycles. The molecule has 12 heavy (non-hydrogen) atoms. The smallest absolute Gasteiger partial charge is 0.0711 e. The van der Waals surface area contributed by atoms with E-state index in [0.717, 1.165) is 6.42 Å². The SMILES string of the molecule is CCC1=NC2=CC=C(C)C2=C1C. The van der Waals surface area contributed by atoms with Crippen LogP contribution in [0.2, 0.25) is 0 Å². The van der Waals surface area contributed by atoms with Gasteiger partial charge in [0.15, 0.2) is 0 Å². The molecular formula is C11H13N. The van der Waals surface area contributed by atoms with Crippen molar-refractivity contribution in [2.75, 3.05) is 0 Å². The lowest BCUT2D eigenvalue weighted by Crippen LogP contribution is -1.94. The minimum atomic E-state index is 1.04. The second-order valence-electron chi connectivity index (χ2n) is 3.31. The zero-order valence-electron chi connectivity index (χ0n) is 7.81. The number of hydrogen-bond acceptors (Lipinski definition) is 1. The molecule has 0 bridgehead atoms. The van der Waals surface area contributed by atoms with E-state index in [2.05, 4.69) is 37.9 Å². The number of fused-ring (bicyclic) bond motifs is 1. The van der Waals surface area contributed by atoms with Gasteiger partial charge in [0.05, 0.1) is 5.70 Å². The summed E-state index contributed by atoms with van der Waals surface area (Å²) in [7, 11) is 0. The van der Waals surface area contributed by atoms with Gasteiger partial charge in [-0.3, -0.25) is 4.99 Å². The average Bonchev–Trinajstić information content (AvgIpc) is 2.55. The highest BCUT2D eigenvalue weighted by Crippen LogP contribution is 2.35. The number of nitrogens with zero attached hydrogens (tertiary/aromatic N) is 1. The van der Waals surface area contributed by atoms with Gasteiger partial charge >= 0.3 is 0 Å². The van der Waals surface area contributed by atoms with E-state index >= 15 is 0 Å². The van der Waals surface area contributed by atoms with Crippen LogP contribution in [0.3, 0.4) is 0 Å². The van der Waals surface area contributed by atoms with Crippen molar-refractivity contribution in [3.05, 3.63) is 34.6 Å². The summed E-state index contributed by atoms with van der Waals surface area (Å²) in [6.07, 6.45) is 5.29. The number of aliphatic imine (C=N–C) groups is 1. The van der Waals surface area contributed by atoms with Crippen LogP contribution in [0, 0.1) is 0 Å². The maximum absolute atomic E-state index is 4.55. The molecule has 1 heterocycles.